The van der Waals surface area contributed by atoms with Crippen molar-refractivity contribution in [3.05, 3.63) is 18.3 Å². The van der Waals surface area contributed by atoms with Crippen LogP contribution in [0.1, 0.15) is 54.9 Å². The number of ether oxygens (including phenoxy) is 2. The molecule has 1 aromatic rings. The molecule has 3 heterocycles. The van der Waals surface area contributed by atoms with Crippen molar-refractivity contribution in [1.82, 2.24) is 9.88 Å². The van der Waals surface area contributed by atoms with Crippen molar-refractivity contribution >= 4 is 18.7 Å². The van der Waals surface area contributed by atoms with Gasteiger partial charge in [0, 0.05) is 18.1 Å². The summed E-state index contributed by atoms with van der Waals surface area (Å²) in [4.78, 5) is 18.1. The molecule has 0 aromatic carbocycles. The van der Waals surface area contributed by atoms with Crippen LogP contribution >= 0.6 is 0 Å². The Morgan fingerprint density at radius 2 is 1.90 bits per heavy atom. The molecule has 2 aliphatic rings. The maximum Gasteiger partial charge on any atom is 0.496 e. The fraction of sp³-hybridized carbons (Fsp3) is 0.714. The number of pyridine rings is 1. The van der Waals surface area contributed by atoms with E-state index in [9.17, 15) is 9.18 Å². The number of carbonyl (C=O) groups is 1. The van der Waals surface area contributed by atoms with Crippen LogP contribution in [0.15, 0.2) is 18.3 Å². The second-order valence-electron chi connectivity index (χ2n) is 9.95. The van der Waals surface area contributed by atoms with Gasteiger partial charge in [-0.05, 0) is 54.5 Å². The van der Waals surface area contributed by atoms with E-state index in [1.807, 2.05) is 33.8 Å². The van der Waals surface area contributed by atoms with E-state index in [-0.39, 0.29) is 19.6 Å². The first-order chi connectivity index (χ1) is 13.8. The molecule has 2 atom stereocenters. The lowest BCUT2D eigenvalue weighted by molar-refractivity contribution is 0.00578. The van der Waals surface area contributed by atoms with Gasteiger partial charge >= 0.3 is 13.2 Å². The summed E-state index contributed by atoms with van der Waals surface area (Å²) in [6.45, 7) is 13.5. The van der Waals surface area contributed by atoms with Crippen LogP contribution in [0.4, 0.5) is 9.18 Å². The lowest BCUT2D eigenvalue weighted by Crippen LogP contribution is -2.42. The van der Waals surface area contributed by atoms with E-state index in [1.54, 1.807) is 33.0 Å². The number of halogens is 1. The third-order valence-corrected chi connectivity index (χ3v) is 5.70. The lowest BCUT2D eigenvalue weighted by atomic mass is 9.80. The van der Waals surface area contributed by atoms with Gasteiger partial charge in [-0.2, -0.15) is 0 Å². The number of hydrogen-bond donors (Lipinski definition) is 0. The van der Waals surface area contributed by atoms with Gasteiger partial charge in [0.25, 0.3) is 0 Å². The molecule has 0 aliphatic carbocycles. The van der Waals surface area contributed by atoms with Crippen LogP contribution in [0.5, 0.6) is 5.88 Å². The van der Waals surface area contributed by atoms with Gasteiger partial charge in [0.05, 0.1) is 23.8 Å². The minimum absolute atomic E-state index is 0.0111. The Labute approximate surface area is 178 Å². The minimum atomic E-state index is -1.09. The SMILES string of the molecule is CC(C)(C)OC(=O)N1C[C@@H](F)C[C@H]1COc1ccc(B2OC(C)(C)C(C)(C)O2)cn1. The van der Waals surface area contributed by atoms with Crippen molar-refractivity contribution in [3.8, 4) is 5.88 Å². The third-order valence-electron chi connectivity index (χ3n) is 5.70. The van der Waals surface area contributed by atoms with E-state index in [0.29, 0.717) is 5.88 Å². The summed E-state index contributed by atoms with van der Waals surface area (Å²) in [5, 5.41) is 0. The molecule has 0 N–H and O–H groups in total. The summed E-state index contributed by atoms with van der Waals surface area (Å²) in [6, 6.07) is 3.16. The molecule has 3 rings (SSSR count). The summed E-state index contributed by atoms with van der Waals surface area (Å²) in [5.41, 5.74) is -0.699. The van der Waals surface area contributed by atoms with Gasteiger partial charge in [-0.25, -0.2) is 14.2 Å². The van der Waals surface area contributed by atoms with Crippen LogP contribution in [0.25, 0.3) is 0 Å². The van der Waals surface area contributed by atoms with Crippen LogP contribution in [0.2, 0.25) is 0 Å². The van der Waals surface area contributed by atoms with Gasteiger partial charge in [0.1, 0.15) is 18.4 Å². The number of likely N-dealkylation sites (tertiary alicyclic amines) is 1. The number of hydrogen-bond acceptors (Lipinski definition) is 6. The van der Waals surface area contributed by atoms with E-state index < -0.39 is 42.2 Å². The molecule has 2 fully saturated rings. The molecule has 30 heavy (non-hydrogen) atoms. The molecule has 2 saturated heterocycles. The zero-order valence-corrected chi connectivity index (χ0v) is 18.9. The zero-order chi connectivity index (χ0) is 22.3. The van der Waals surface area contributed by atoms with Crippen LogP contribution < -0.4 is 10.2 Å². The minimum Gasteiger partial charge on any atom is -0.475 e. The second kappa shape index (κ2) is 8.00. The monoisotopic (exact) mass is 422 g/mol. The Hall–Kier alpha value is -1.87. The molecule has 1 amide bonds. The number of amides is 1. The summed E-state index contributed by atoms with van der Waals surface area (Å²) >= 11 is 0. The quantitative estimate of drug-likeness (QED) is 0.695. The highest BCUT2D eigenvalue weighted by Gasteiger charge is 2.51. The fourth-order valence-corrected chi connectivity index (χ4v) is 3.34. The number of nitrogens with zero attached hydrogens (tertiary/aromatic N) is 2. The first-order valence-electron chi connectivity index (χ1n) is 10.4. The predicted octanol–water partition coefficient (Wildman–Crippen LogP) is 3.11. The van der Waals surface area contributed by atoms with E-state index in [1.165, 1.54) is 4.90 Å². The largest absolute Gasteiger partial charge is 0.496 e. The zero-order valence-electron chi connectivity index (χ0n) is 18.9. The molecular weight excluding hydrogens is 390 g/mol. The number of rotatable bonds is 4. The molecule has 166 valence electrons. The normalized spacial score (nSPS) is 25.5. The predicted molar refractivity (Wildman–Crippen MR) is 112 cm³/mol. The Morgan fingerprint density at radius 1 is 1.27 bits per heavy atom. The number of carbonyl (C=O) groups excluding carboxylic acids is 1. The van der Waals surface area contributed by atoms with Gasteiger partial charge in [-0.1, -0.05) is 6.07 Å². The first kappa shape index (κ1) is 22.8. The van der Waals surface area contributed by atoms with Gasteiger partial charge < -0.3 is 18.8 Å². The smallest absolute Gasteiger partial charge is 0.475 e. The van der Waals surface area contributed by atoms with Crippen molar-refractivity contribution in [1.29, 1.82) is 0 Å². The van der Waals surface area contributed by atoms with E-state index >= 15 is 0 Å². The van der Waals surface area contributed by atoms with Crippen LogP contribution in [-0.4, -0.2) is 65.3 Å². The molecule has 1 aromatic heterocycles. The van der Waals surface area contributed by atoms with E-state index in [0.717, 1.165) is 5.46 Å². The maximum absolute atomic E-state index is 13.9. The molecule has 0 unspecified atom stereocenters. The number of aromatic nitrogens is 1. The Bertz CT molecular complexity index is 750. The first-order valence-corrected chi connectivity index (χ1v) is 10.4. The summed E-state index contributed by atoms with van der Waals surface area (Å²) in [5.74, 6) is 0.390. The second-order valence-corrected chi connectivity index (χ2v) is 9.95. The number of alkyl halides is 1. The standard InChI is InChI=1S/C21H32BFN2O5/c1-19(2,3)28-18(26)25-12-15(23)10-16(25)13-27-17-9-8-14(11-24-17)22-29-20(4,5)21(6,7)30-22/h8-9,11,15-16H,10,12-13H2,1-7H3/t15-,16-/m0/s1. The van der Waals surface area contributed by atoms with E-state index in [4.69, 9.17) is 18.8 Å². The molecule has 0 saturated carbocycles. The van der Waals surface area contributed by atoms with Gasteiger partial charge in [0.15, 0.2) is 0 Å². The van der Waals surface area contributed by atoms with Crippen molar-refractivity contribution < 1.29 is 28.0 Å². The fourth-order valence-electron chi connectivity index (χ4n) is 3.34. The topological polar surface area (TPSA) is 70.1 Å². The Morgan fingerprint density at radius 3 is 2.43 bits per heavy atom. The molecule has 0 spiro atoms. The van der Waals surface area contributed by atoms with Crippen LogP contribution in [0.3, 0.4) is 0 Å². The average Bonchev–Trinajstić information content (AvgIpc) is 3.08. The van der Waals surface area contributed by atoms with Crippen molar-refractivity contribution in [2.45, 2.75) is 83.9 Å². The van der Waals surface area contributed by atoms with Crippen LogP contribution in [-0.2, 0) is 14.0 Å². The Kier molecular flexibility index (Phi) is 6.08. The van der Waals surface area contributed by atoms with E-state index in [2.05, 4.69) is 4.98 Å². The molecule has 7 nitrogen and oxygen atoms in total. The molecular formula is C21H32BFN2O5. The third kappa shape index (κ3) is 5.06. The van der Waals surface area contributed by atoms with Crippen LogP contribution in [0, 0.1) is 0 Å². The highest BCUT2D eigenvalue weighted by Crippen LogP contribution is 2.36. The summed E-state index contributed by atoms with van der Waals surface area (Å²) in [7, 11) is -0.499. The van der Waals surface area contributed by atoms with Crippen molar-refractivity contribution in [3.63, 3.8) is 0 Å². The van der Waals surface area contributed by atoms with Gasteiger partial charge in [0.2, 0.25) is 5.88 Å². The van der Waals surface area contributed by atoms with Gasteiger partial charge in [-0.15, -0.1) is 0 Å². The van der Waals surface area contributed by atoms with Gasteiger partial charge in [-0.3, -0.25) is 4.90 Å². The maximum atomic E-state index is 13.9. The summed E-state index contributed by atoms with van der Waals surface area (Å²) < 4.78 is 37.1. The Balaban J connectivity index is 1.59. The highest BCUT2D eigenvalue weighted by molar-refractivity contribution is 6.62. The molecule has 0 radical (unpaired) electrons. The lowest BCUT2D eigenvalue weighted by Gasteiger charge is -2.32. The average molecular weight is 422 g/mol. The van der Waals surface area contributed by atoms with Crippen molar-refractivity contribution in [2.75, 3.05) is 13.2 Å². The molecule has 2 aliphatic heterocycles. The van der Waals surface area contributed by atoms with Crippen molar-refractivity contribution in [2.24, 2.45) is 0 Å². The molecule has 0 bridgehead atoms. The highest BCUT2D eigenvalue weighted by atomic mass is 19.1. The summed E-state index contributed by atoms with van der Waals surface area (Å²) in [6.07, 6.45) is 0.242. The molecule has 9 heteroatoms.